The van der Waals surface area contributed by atoms with Crippen LogP contribution in [-0.2, 0) is 6.54 Å². The maximum absolute atomic E-state index is 12.6. The fourth-order valence-electron chi connectivity index (χ4n) is 4.54. The quantitative estimate of drug-likeness (QED) is 0.395. The minimum absolute atomic E-state index is 0.156. The molecule has 4 N–H and O–H groups in total. The Morgan fingerprint density at radius 2 is 1.89 bits per heavy atom. The molecule has 0 radical (unpaired) electrons. The summed E-state index contributed by atoms with van der Waals surface area (Å²) in [5, 5.41) is 14.8. The highest BCUT2D eigenvalue weighted by Gasteiger charge is 2.26. The Morgan fingerprint density at radius 3 is 2.66 bits per heavy atom. The number of nitrogen functional groups attached to an aromatic ring is 1. The second kappa shape index (κ2) is 9.61. The van der Waals surface area contributed by atoms with Crippen LogP contribution in [0, 0.1) is 11.8 Å². The number of nitrogens with zero attached hydrogens (tertiary/aromatic N) is 3. The molecule has 1 aliphatic rings. The van der Waals surface area contributed by atoms with E-state index in [0.717, 1.165) is 41.4 Å². The summed E-state index contributed by atoms with van der Waals surface area (Å²) in [6, 6.07) is 18.8. The number of anilines is 1. The number of hydrogen-bond acceptors (Lipinski definition) is 5. The summed E-state index contributed by atoms with van der Waals surface area (Å²) in [4.78, 5) is 21.1. The van der Waals surface area contributed by atoms with E-state index in [1.165, 1.54) is 0 Å². The largest absolute Gasteiger partial charge is 0.378 e. The van der Waals surface area contributed by atoms with Gasteiger partial charge in [0, 0.05) is 28.4 Å². The van der Waals surface area contributed by atoms with Gasteiger partial charge in [0.2, 0.25) is 5.95 Å². The standard InChI is InChI=1S/C28H27N5O2/c29-27-30-16-12-25(32-27)33-23(19-31-26(34)21-7-3-1-4-8-21)18-22-10-9-20(17-24(22)33)11-15-28(35)13-5-2-6-14-28/h1,3-4,7-10,12,16-18,35H,2,5-6,13-14,19H2,(H,31,34)(H2,29,30,32). The Labute approximate surface area is 204 Å². The van der Waals surface area contributed by atoms with Gasteiger partial charge in [0.1, 0.15) is 11.4 Å². The molecule has 1 saturated carbocycles. The van der Waals surface area contributed by atoms with Crippen LogP contribution in [0.2, 0.25) is 0 Å². The van der Waals surface area contributed by atoms with Crippen molar-refractivity contribution in [2.45, 2.75) is 44.2 Å². The summed E-state index contributed by atoms with van der Waals surface area (Å²) in [6.45, 7) is 0.299. The molecule has 7 heteroatoms. The van der Waals surface area contributed by atoms with Gasteiger partial charge in [0.15, 0.2) is 0 Å². The van der Waals surface area contributed by atoms with E-state index >= 15 is 0 Å². The van der Waals surface area contributed by atoms with Crippen molar-refractivity contribution in [3.05, 3.63) is 83.7 Å². The molecule has 1 amide bonds. The Kier molecular flexibility index (Phi) is 6.21. The van der Waals surface area contributed by atoms with Crippen molar-refractivity contribution in [3.63, 3.8) is 0 Å². The highest BCUT2D eigenvalue weighted by Crippen LogP contribution is 2.28. The zero-order chi connectivity index (χ0) is 24.3. The van der Waals surface area contributed by atoms with Crippen LogP contribution in [0.1, 0.15) is 53.7 Å². The van der Waals surface area contributed by atoms with Crippen LogP contribution in [0.4, 0.5) is 5.95 Å². The molecule has 0 saturated heterocycles. The van der Waals surface area contributed by atoms with Crippen molar-refractivity contribution in [1.82, 2.24) is 19.9 Å². The van der Waals surface area contributed by atoms with Gasteiger partial charge in [-0.2, -0.15) is 4.98 Å². The minimum Gasteiger partial charge on any atom is -0.378 e. The van der Waals surface area contributed by atoms with E-state index in [4.69, 9.17) is 5.73 Å². The van der Waals surface area contributed by atoms with E-state index in [2.05, 4.69) is 27.1 Å². The molecule has 0 bridgehead atoms. The average Bonchev–Trinajstić information content (AvgIpc) is 3.25. The number of hydrogen-bond donors (Lipinski definition) is 3. The number of aliphatic hydroxyl groups is 1. The first-order chi connectivity index (χ1) is 17.0. The second-order valence-electron chi connectivity index (χ2n) is 8.91. The Hall–Kier alpha value is -4.15. The lowest BCUT2D eigenvalue weighted by Gasteiger charge is -2.26. The van der Waals surface area contributed by atoms with Crippen molar-refractivity contribution >= 4 is 22.8 Å². The third-order valence-electron chi connectivity index (χ3n) is 6.36. The molecule has 2 aromatic carbocycles. The number of benzene rings is 2. The molecule has 2 heterocycles. The van der Waals surface area contributed by atoms with Gasteiger partial charge in [-0.15, -0.1) is 0 Å². The molecule has 7 nitrogen and oxygen atoms in total. The zero-order valence-corrected chi connectivity index (χ0v) is 19.4. The summed E-state index contributed by atoms with van der Waals surface area (Å²) in [7, 11) is 0. The summed E-state index contributed by atoms with van der Waals surface area (Å²) in [5.74, 6) is 6.90. The lowest BCUT2D eigenvalue weighted by Crippen LogP contribution is -2.29. The monoisotopic (exact) mass is 465 g/mol. The van der Waals surface area contributed by atoms with Gasteiger partial charge in [-0.1, -0.05) is 42.5 Å². The molecule has 2 aromatic heterocycles. The third-order valence-corrected chi connectivity index (χ3v) is 6.36. The van der Waals surface area contributed by atoms with Crippen molar-refractivity contribution in [1.29, 1.82) is 0 Å². The zero-order valence-electron chi connectivity index (χ0n) is 19.4. The smallest absolute Gasteiger partial charge is 0.251 e. The highest BCUT2D eigenvalue weighted by atomic mass is 16.3. The number of nitrogens with one attached hydrogen (secondary N) is 1. The maximum Gasteiger partial charge on any atom is 0.251 e. The third kappa shape index (κ3) is 5.03. The van der Waals surface area contributed by atoms with E-state index in [9.17, 15) is 9.90 Å². The molecule has 5 rings (SSSR count). The van der Waals surface area contributed by atoms with Gasteiger partial charge in [0.25, 0.3) is 5.91 Å². The molecule has 35 heavy (non-hydrogen) atoms. The number of fused-ring (bicyclic) bond motifs is 1. The van der Waals surface area contributed by atoms with E-state index < -0.39 is 5.60 Å². The number of aromatic nitrogens is 3. The lowest BCUT2D eigenvalue weighted by molar-refractivity contribution is 0.0610. The molecular formula is C28H27N5O2. The summed E-state index contributed by atoms with van der Waals surface area (Å²) < 4.78 is 1.96. The van der Waals surface area contributed by atoms with Crippen molar-refractivity contribution in [2.24, 2.45) is 0 Å². The Bertz CT molecular complexity index is 1430. The fraction of sp³-hybridized carbons (Fsp3) is 0.250. The van der Waals surface area contributed by atoms with Crippen LogP contribution in [0.5, 0.6) is 0 Å². The predicted molar refractivity (Wildman–Crippen MR) is 136 cm³/mol. The molecule has 0 spiro atoms. The molecule has 1 fully saturated rings. The molecule has 4 aromatic rings. The average molecular weight is 466 g/mol. The predicted octanol–water partition coefficient (Wildman–Crippen LogP) is 3.98. The second-order valence-corrected chi connectivity index (χ2v) is 8.91. The van der Waals surface area contributed by atoms with Crippen LogP contribution < -0.4 is 11.1 Å². The molecule has 0 atom stereocenters. The van der Waals surface area contributed by atoms with Gasteiger partial charge >= 0.3 is 0 Å². The number of carbonyl (C=O) groups is 1. The van der Waals surface area contributed by atoms with Crippen molar-refractivity contribution < 1.29 is 9.90 Å². The first-order valence-electron chi connectivity index (χ1n) is 11.8. The SMILES string of the molecule is Nc1nccc(-n2c(CNC(=O)c3ccccc3)cc3ccc(C#CC4(O)CCCCC4)cc32)n1. The first kappa shape index (κ1) is 22.6. The van der Waals surface area contributed by atoms with Crippen molar-refractivity contribution in [2.75, 3.05) is 5.73 Å². The molecule has 1 aliphatic carbocycles. The number of carbonyl (C=O) groups excluding carboxylic acids is 1. The Balaban J connectivity index is 1.52. The van der Waals surface area contributed by atoms with Gasteiger partial charge in [-0.05, 0) is 62.1 Å². The lowest BCUT2D eigenvalue weighted by atomic mass is 9.85. The van der Waals surface area contributed by atoms with Crippen LogP contribution in [0.3, 0.4) is 0 Å². The van der Waals surface area contributed by atoms with E-state index in [-0.39, 0.29) is 11.9 Å². The number of amides is 1. The van der Waals surface area contributed by atoms with Gasteiger partial charge in [-0.3, -0.25) is 9.36 Å². The maximum atomic E-state index is 12.6. The normalized spacial score (nSPS) is 14.8. The molecule has 0 aliphatic heterocycles. The van der Waals surface area contributed by atoms with Crippen LogP contribution >= 0.6 is 0 Å². The molecule has 176 valence electrons. The van der Waals surface area contributed by atoms with Crippen LogP contribution in [0.25, 0.3) is 16.7 Å². The summed E-state index contributed by atoms with van der Waals surface area (Å²) in [6.07, 6.45) is 6.18. The number of rotatable bonds is 4. The fourth-order valence-corrected chi connectivity index (χ4v) is 4.54. The summed E-state index contributed by atoms with van der Waals surface area (Å²) >= 11 is 0. The molecular weight excluding hydrogens is 438 g/mol. The minimum atomic E-state index is -0.914. The summed E-state index contributed by atoms with van der Waals surface area (Å²) in [5.41, 5.74) is 8.09. The van der Waals surface area contributed by atoms with Crippen LogP contribution in [-0.4, -0.2) is 31.1 Å². The topological polar surface area (TPSA) is 106 Å². The molecule has 0 unspecified atom stereocenters. The number of nitrogens with two attached hydrogens (primary N) is 1. The highest BCUT2D eigenvalue weighted by molar-refractivity contribution is 5.94. The van der Waals surface area contributed by atoms with Crippen LogP contribution in [0.15, 0.2) is 66.9 Å². The first-order valence-corrected chi connectivity index (χ1v) is 11.8. The van der Waals surface area contributed by atoms with Crippen molar-refractivity contribution in [3.8, 4) is 17.7 Å². The van der Waals surface area contributed by atoms with E-state index in [1.807, 2.05) is 47.0 Å². The van der Waals surface area contributed by atoms with E-state index in [1.54, 1.807) is 24.4 Å². The van der Waals surface area contributed by atoms with Gasteiger partial charge in [-0.25, -0.2) is 4.98 Å². The van der Waals surface area contributed by atoms with Gasteiger partial charge in [0.05, 0.1) is 12.1 Å². The Morgan fingerprint density at radius 1 is 1.09 bits per heavy atom. The van der Waals surface area contributed by atoms with E-state index in [0.29, 0.717) is 30.8 Å². The van der Waals surface area contributed by atoms with Gasteiger partial charge < -0.3 is 16.2 Å².